The molecule has 134 valence electrons. The number of fused-ring (bicyclic) bond motifs is 1. The first-order chi connectivity index (χ1) is 12.1. The molecule has 25 heavy (non-hydrogen) atoms. The van der Waals surface area contributed by atoms with Gasteiger partial charge in [-0.05, 0) is 32.4 Å². The summed E-state index contributed by atoms with van der Waals surface area (Å²) >= 11 is 1.49. The molecule has 2 aromatic heterocycles. The zero-order chi connectivity index (χ0) is 17.4. The summed E-state index contributed by atoms with van der Waals surface area (Å²) < 4.78 is 0. The molecule has 0 unspecified atom stereocenters. The van der Waals surface area contributed by atoms with Gasteiger partial charge in [-0.3, -0.25) is 4.79 Å². The van der Waals surface area contributed by atoms with Crippen LogP contribution in [0.2, 0.25) is 0 Å². The van der Waals surface area contributed by atoms with Crippen molar-refractivity contribution in [2.75, 3.05) is 38.1 Å². The van der Waals surface area contributed by atoms with Crippen LogP contribution < -0.4 is 10.2 Å². The number of amides is 1. The molecule has 1 saturated carbocycles. The van der Waals surface area contributed by atoms with Crippen molar-refractivity contribution < 1.29 is 4.79 Å². The highest BCUT2D eigenvalue weighted by molar-refractivity contribution is 7.20. The number of aromatic nitrogens is 2. The fourth-order valence-electron chi connectivity index (χ4n) is 3.85. The lowest BCUT2D eigenvalue weighted by Crippen LogP contribution is -2.44. The molecule has 6 nitrogen and oxygen atoms in total. The predicted molar refractivity (Wildman–Crippen MR) is 102 cm³/mol. The van der Waals surface area contributed by atoms with Crippen molar-refractivity contribution in [1.82, 2.24) is 20.2 Å². The van der Waals surface area contributed by atoms with E-state index in [1.54, 1.807) is 6.33 Å². The van der Waals surface area contributed by atoms with Crippen molar-refractivity contribution in [3.63, 3.8) is 0 Å². The van der Waals surface area contributed by atoms with E-state index in [9.17, 15) is 4.79 Å². The second-order valence-corrected chi connectivity index (χ2v) is 8.18. The average Bonchev–Trinajstić information content (AvgIpc) is 3.23. The summed E-state index contributed by atoms with van der Waals surface area (Å²) in [6.07, 6.45) is 6.26. The lowest BCUT2D eigenvalue weighted by atomic mass is 10.1. The average molecular weight is 359 g/mol. The third-order valence-corrected chi connectivity index (χ3v) is 6.60. The number of nitrogens with zero attached hydrogens (tertiary/aromatic N) is 4. The van der Waals surface area contributed by atoms with Gasteiger partial charge in [0.2, 0.25) is 0 Å². The van der Waals surface area contributed by atoms with Gasteiger partial charge in [0, 0.05) is 32.2 Å². The van der Waals surface area contributed by atoms with Gasteiger partial charge in [-0.15, -0.1) is 11.3 Å². The number of carbonyl (C=O) groups excluding carboxylic acids is 1. The van der Waals surface area contributed by atoms with Crippen LogP contribution in [0.4, 0.5) is 5.82 Å². The van der Waals surface area contributed by atoms with E-state index in [1.807, 2.05) is 6.92 Å². The van der Waals surface area contributed by atoms with Crippen molar-refractivity contribution in [3.8, 4) is 0 Å². The number of likely N-dealkylation sites (N-methyl/N-ethyl adjacent to an activating group) is 1. The second-order valence-electron chi connectivity index (χ2n) is 7.18. The minimum absolute atomic E-state index is 0.0525. The molecule has 1 aliphatic heterocycles. The van der Waals surface area contributed by atoms with Crippen LogP contribution in [0.5, 0.6) is 0 Å². The minimum Gasteiger partial charge on any atom is -0.353 e. The molecule has 3 heterocycles. The van der Waals surface area contributed by atoms with Crippen molar-refractivity contribution in [2.24, 2.45) is 0 Å². The summed E-state index contributed by atoms with van der Waals surface area (Å²) in [7, 11) is 2.15. The summed E-state index contributed by atoms with van der Waals surface area (Å²) in [6.45, 7) is 6.02. The molecule has 7 heteroatoms. The molecule has 2 aliphatic rings. The number of hydrogen-bond acceptors (Lipinski definition) is 6. The third-order valence-electron chi connectivity index (χ3n) is 5.41. The number of thiophene rings is 1. The van der Waals surface area contributed by atoms with Gasteiger partial charge < -0.3 is 15.1 Å². The van der Waals surface area contributed by atoms with Crippen LogP contribution in [0.3, 0.4) is 0 Å². The molecular formula is C18H25N5OS. The van der Waals surface area contributed by atoms with Crippen LogP contribution in [-0.2, 0) is 0 Å². The van der Waals surface area contributed by atoms with Crippen molar-refractivity contribution in [1.29, 1.82) is 0 Å². The second kappa shape index (κ2) is 6.88. The van der Waals surface area contributed by atoms with E-state index in [0.29, 0.717) is 6.04 Å². The molecule has 2 aromatic rings. The highest BCUT2D eigenvalue weighted by atomic mass is 32.1. The highest BCUT2D eigenvalue weighted by Crippen LogP contribution is 2.35. The Morgan fingerprint density at radius 2 is 1.92 bits per heavy atom. The van der Waals surface area contributed by atoms with Crippen LogP contribution in [0.15, 0.2) is 6.33 Å². The van der Waals surface area contributed by atoms with Gasteiger partial charge in [0.05, 0.1) is 10.3 Å². The monoisotopic (exact) mass is 359 g/mol. The summed E-state index contributed by atoms with van der Waals surface area (Å²) in [5.74, 6) is 1.03. The van der Waals surface area contributed by atoms with Crippen LogP contribution >= 0.6 is 11.3 Å². The standard InChI is InChI=1S/C18H25N5OS/c1-12-14-16(23-9-7-22(2)8-10-23)19-11-20-18(14)25-15(12)17(24)21-13-5-3-4-6-13/h11,13H,3-10H2,1-2H3,(H,21,24). The molecule has 2 fully saturated rings. The van der Waals surface area contributed by atoms with Gasteiger partial charge in [-0.2, -0.15) is 0 Å². The molecule has 0 aromatic carbocycles. The Morgan fingerprint density at radius 1 is 1.20 bits per heavy atom. The molecule has 0 atom stereocenters. The maximum Gasteiger partial charge on any atom is 0.261 e. The number of anilines is 1. The van der Waals surface area contributed by atoms with E-state index in [-0.39, 0.29) is 5.91 Å². The Labute approximate surface area is 152 Å². The number of nitrogens with one attached hydrogen (secondary N) is 1. The van der Waals surface area contributed by atoms with E-state index >= 15 is 0 Å². The number of aryl methyl sites for hydroxylation is 1. The van der Waals surface area contributed by atoms with E-state index in [2.05, 4.69) is 32.1 Å². The highest BCUT2D eigenvalue weighted by Gasteiger charge is 2.25. The summed E-state index contributed by atoms with van der Waals surface area (Å²) in [6, 6.07) is 0.334. The van der Waals surface area contributed by atoms with Gasteiger partial charge in [-0.1, -0.05) is 12.8 Å². The Morgan fingerprint density at radius 3 is 2.64 bits per heavy atom. The minimum atomic E-state index is 0.0525. The van der Waals surface area contributed by atoms with E-state index < -0.39 is 0 Å². The van der Waals surface area contributed by atoms with Gasteiger partial charge in [-0.25, -0.2) is 9.97 Å². The first kappa shape index (κ1) is 16.7. The maximum atomic E-state index is 12.8. The Hall–Kier alpha value is -1.73. The lowest BCUT2D eigenvalue weighted by Gasteiger charge is -2.33. The lowest BCUT2D eigenvalue weighted by molar-refractivity contribution is 0.0941. The largest absolute Gasteiger partial charge is 0.353 e. The molecule has 0 bridgehead atoms. The fourth-order valence-corrected chi connectivity index (χ4v) is 4.90. The number of hydrogen-bond donors (Lipinski definition) is 1. The van der Waals surface area contributed by atoms with Crippen molar-refractivity contribution in [2.45, 2.75) is 38.6 Å². The molecule has 0 spiro atoms. The third kappa shape index (κ3) is 3.22. The van der Waals surface area contributed by atoms with Gasteiger partial charge in [0.15, 0.2) is 0 Å². The summed E-state index contributed by atoms with van der Waals surface area (Å²) in [5.41, 5.74) is 1.02. The van der Waals surface area contributed by atoms with Crippen LogP contribution in [0, 0.1) is 6.92 Å². The van der Waals surface area contributed by atoms with Crippen LogP contribution in [0.1, 0.15) is 40.9 Å². The maximum absolute atomic E-state index is 12.8. The summed E-state index contributed by atoms with van der Waals surface area (Å²) in [4.78, 5) is 28.1. The smallest absolute Gasteiger partial charge is 0.261 e. The molecule has 1 N–H and O–H groups in total. The topological polar surface area (TPSA) is 61.4 Å². The van der Waals surface area contributed by atoms with E-state index in [0.717, 1.165) is 65.5 Å². The molecule has 1 aliphatic carbocycles. The van der Waals surface area contributed by atoms with Crippen LogP contribution in [0.25, 0.3) is 10.2 Å². The molecule has 1 saturated heterocycles. The van der Waals surface area contributed by atoms with Gasteiger partial charge in [0.25, 0.3) is 5.91 Å². The first-order valence-electron chi connectivity index (χ1n) is 9.12. The van der Waals surface area contributed by atoms with E-state index in [4.69, 9.17) is 0 Å². The Bertz CT molecular complexity index is 775. The Kier molecular flexibility index (Phi) is 4.60. The normalized spacial score (nSPS) is 19.7. The number of piperazine rings is 1. The molecule has 0 radical (unpaired) electrons. The predicted octanol–water partition coefficient (Wildman–Crippen LogP) is 2.42. The summed E-state index contributed by atoms with van der Waals surface area (Å²) in [5, 5.41) is 4.25. The molecule has 1 amide bonds. The van der Waals surface area contributed by atoms with Gasteiger partial charge >= 0.3 is 0 Å². The van der Waals surface area contributed by atoms with Crippen molar-refractivity contribution >= 4 is 33.3 Å². The number of rotatable bonds is 3. The van der Waals surface area contributed by atoms with Crippen LogP contribution in [-0.4, -0.2) is 60.0 Å². The molecule has 4 rings (SSSR count). The zero-order valence-electron chi connectivity index (χ0n) is 14.9. The fraction of sp³-hybridized carbons (Fsp3) is 0.611. The zero-order valence-corrected chi connectivity index (χ0v) is 15.7. The van der Waals surface area contributed by atoms with Gasteiger partial charge in [0.1, 0.15) is 17.0 Å². The van der Waals surface area contributed by atoms with E-state index in [1.165, 1.54) is 24.2 Å². The first-order valence-corrected chi connectivity index (χ1v) is 9.93. The SMILES string of the molecule is Cc1c(C(=O)NC2CCCC2)sc2ncnc(N3CCN(C)CC3)c12. The molecular weight excluding hydrogens is 334 g/mol. The van der Waals surface area contributed by atoms with Crippen molar-refractivity contribution in [3.05, 3.63) is 16.8 Å². The number of carbonyl (C=O) groups is 1. The Balaban J connectivity index is 1.65. The quantitative estimate of drug-likeness (QED) is 0.912.